The number of thioether (sulfide) groups is 1. The third-order valence-corrected chi connectivity index (χ3v) is 4.38. The fraction of sp³-hybridized carbons (Fsp3) is 0.467. The predicted octanol–water partition coefficient (Wildman–Crippen LogP) is 3.36. The average molecular weight is 289 g/mol. The lowest BCUT2D eigenvalue weighted by Crippen LogP contribution is -2.34. The van der Waals surface area contributed by atoms with Crippen molar-refractivity contribution in [3.63, 3.8) is 0 Å². The Morgan fingerprint density at radius 3 is 2.90 bits per heavy atom. The summed E-state index contributed by atoms with van der Waals surface area (Å²) in [6.45, 7) is 1.16. The summed E-state index contributed by atoms with van der Waals surface area (Å²) in [6, 6.07) is 10.5. The number of rotatable bonds is 5. The first-order chi connectivity index (χ1) is 9.92. The van der Waals surface area contributed by atoms with Gasteiger partial charge in [0.05, 0.1) is 0 Å². The molecule has 1 aliphatic rings. The predicted molar refractivity (Wildman–Crippen MR) is 80.7 cm³/mol. The molecule has 0 bridgehead atoms. The Morgan fingerprint density at radius 1 is 1.20 bits per heavy atom. The monoisotopic (exact) mass is 289 g/mol. The number of hydrogen-bond donors (Lipinski definition) is 1. The molecule has 20 heavy (non-hydrogen) atoms. The summed E-state index contributed by atoms with van der Waals surface area (Å²) in [7, 11) is 0. The minimum Gasteiger partial charge on any atom is -0.411 e. The molecule has 2 aromatic rings. The highest BCUT2D eigenvalue weighted by Gasteiger charge is 2.13. The lowest BCUT2D eigenvalue weighted by Gasteiger charge is -2.22. The molecular formula is C15H19N3OS. The number of nitrogens with one attached hydrogen (secondary N) is 1. The summed E-state index contributed by atoms with van der Waals surface area (Å²) in [5.74, 6) is 1.62. The molecule has 3 rings (SSSR count). The van der Waals surface area contributed by atoms with E-state index in [1.165, 1.54) is 19.3 Å². The van der Waals surface area contributed by atoms with Gasteiger partial charge in [0.15, 0.2) is 0 Å². The van der Waals surface area contributed by atoms with E-state index in [-0.39, 0.29) is 0 Å². The Labute approximate surface area is 123 Å². The van der Waals surface area contributed by atoms with Crippen molar-refractivity contribution in [2.75, 3.05) is 12.3 Å². The maximum Gasteiger partial charge on any atom is 0.276 e. The lowest BCUT2D eigenvalue weighted by atomic mass is 10.0. The van der Waals surface area contributed by atoms with Gasteiger partial charge in [-0.1, -0.05) is 36.4 Å². The standard InChI is InChI=1S/C15H19N3OS/c1-2-6-12(7-3-1)14-17-18-15(19-14)20-11-9-13-8-4-5-10-16-13/h1-3,6-7,13,16H,4-5,8-11H2/t13-/m0/s1. The Morgan fingerprint density at radius 2 is 2.10 bits per heavy atom. The van der Waals surface area contributed by atoms with Crippen LogP contribution in [0, 0.1) is 0 Å². The van der Waals surface area contributed by atoms with Crippen molar-refractivity contribution in [2.24, 2.45) is 0 Å². The lowest BCUT2D eigenvalue weighted by molar-refractivity contribution is 0.394. The molecule has 0 amide bonds. The van der Waals surface area contributed by atoms with E-state index in [2.05, 4.69) is 15.5 Å². The van der Waals surface area contributed by atoms with Crippen molar-refractivity contribution in [2.45, 2.75) is 36.9 Å². The second-order valence-electron chi connectivity index (χ2n) is 5.02. The van der Waals surface area contributed by atoms with E-state index in [1.807, 2.05) is 30.3 Å². The molecule has 1 aromatic heterocycles. The molecular weight excluding hydrogens is 270 g/mol. The molecule has 0 radical (unpaired) electrons. The molecule has 4 nitrogen and oxygen atoms in total. The van der Waals surface area contributed by atoms with E-state index in [0.717, 1.165) is 24.3 Å². The van der Waals surface area contributed by atoms with Crippen molar-refractivity contribution in [3.05, 3.63) is 30.3 Å². The Balaban J connectivity index is 1.50. The maximum atomic E-state index is 5.68. The largest absolute Gasteiger partial charge is 0.411 e. The van der Waals surface area contributed by atoms with Gasteiger partial charge in [-0.05, 0) is 37.9 Å². The summed E-state index contributed by atoms with van der Waals surface area (Å²) in [5.41, 5.74) is 0.973. The van der Waals surface area contributed by atoms with Crippen molar-refractivity contribution in [1.82, 2.24) is 15.5 Å². The molecule has 0 unspecified atom stereocenters. The highest BCUT2D eigenvalue weighted by atomic mass is 32.2. The molecule has 5 heteroatoms. The fourth-order valence-electron chi connectivity index (χ4n) is 2.42. The van der Waals surface area contributed by atoms with E-state index in [4.69, 9.17) is 4.42 Å². The summed E-state index contributed by atoms with van der Waals surface area (Å²) in [4.78, 5) is 0. The normalized spacial score (nSPS) is 19.1. The van der Waals surface area contributed by atoms with E-state index in [1.54, 1.807) is 11.8 Å². The summed E-state index contributed by atoms with van der Waals surface area (Å²) < 4.78 is 5.68. The van der Waals surface area contributed by atoms with Crippen LogP contribution in [0.25, 0.3) is 11.5 Å². The molecule has 1 saturated heterocycles. The van der Waals surface area contributed by atoms with Crippen LogP contribution in [0.3, 0.4) is 0 Å². The van der Waals surface area contributed by atoms with E-state index in [0.29, 0.717) is 17.2 Å². The van der Waals surface area contributed by atoms with Crippen LogP contribution in [0.4, 0.5) is 0 Å². The average Bonchev–Trinajstić information content (AvgIpc) is 2.98. The van der Waals surface area contributed by atoms with Crippen molar-refractivity contribution in [1.29, 1.82) is 0 Å². The third-order valence-electron chi connectivity index (χ3n) is 3.53. The van der Waals surface area contributed by atoms with Gasteiger partial charge in [-0.15, -0.1) is 10.2 Å². The van der Waals surface area contributed by atoms with Crippen LogP contribution in [0.2, 0.25) is 0 Å². The van der Waals surface area contributed by atoms with Crippen molar-refractivity contribution < 1.29 is 4.42 Å². The molecule has 106 valence electrons. The fourth-order valence-corrected chi connectivity index (χ4v) is 3.24. The minimum atomic E-state index is 0.601. The zero-order chi connectivity index (χ0) is 13.6. The second-order valence-corrected chi connectivity index (χ2v) is 6.07. The molecule has 2 heterocycles. The Bertz CT molecular complexity index is 523. The van der Waals surface area contributed by atoms with Gasteiger partial charge in [0, 0.05) is 17.4 Å². The number of aromatic nitrogens is 2. The third kappa shape index (κ3) is 3.61. The number of piperidine rings is 1. The number of nitrogens with zero attached hydrogens (tertiary/aromatic N) is 2. The van der Waals surface area contributed by atoms with Gasteiger partial charge >= 0.3 is 0 Å². The molecule has 1 aliphatic heterocycles. The first kappa shape index (κ1) is 13.6. The number of hydrogen-bond acceptors (Lipinski definition) is 5. The second kappa shape index (κ2) is 6.90. The first-order valence-corrected chi connectivity index (χ1v) is 8.15. The zero-order valence-electron chi connectivity index (χ0n) is 11.4. The Hall–Kier alpha value is -1.33. The van der Waals surface area contributed by atoms with Crippen LogP contribution in [0.1, 0.15) is 25.7 Å². The smallest absolute Gasteiger partial charge is 0.276 e. The maximum absolute atomic E-state index is 5.68. The number of benzene rings is 1. The van der Waals surface area contributed by atoms with Gasteiger partial charge in [-0.2, -0.15) is 0 Å². The highest BCUT2D eigenvalue weighted by Crippen LogP contribution is 2.24. The van der Waals surface area contributed by atoms with E-state index >= 15 is 0 Å². The van der Waals surface area contributed by atoms with Crippen LogP contribution in [0.5, 0.6) is 0 Å². The minimum absolute atomic E-state index is 0.601. The van der Waals surface area contributed by atoms with E-state index in [9.17, 15) is 0 Å². The van der Waals surface area contributed by atoms with Gasteiger partial charge in [-0.25, -0.2) is 0 Å². The summed E-state index contributed by atoms with van der Waals surface area (Å²) in [6.07, 6.45) is 5.11. The van der Waals surface area contributed by atoms with Gasteiger partial charge in [0.25, 0.3) is 5.22 Å². The van der Waals surface area contributed by atoms with Crippen molar-refractivity contribution in [3.8, 4) is 11.5 Å². The van der Waals surface area contributed by atoms with Crippen LogP contribution in [-0.4, -0.2) is 28.5 Å². The SMILES string of the molecule is c1ccc(-c2nnc(SCC[C@@H]3CCCCN3)o2)cc1. The molecule has 1 atom stereocenters. The summed E-state index contributed by atoms with van der Waals surface area (Å²) in [5, 5.41) is 12.4. The molecule has 0 spiro atoms. The topological polar surface area (TPSA) is 51.0 Å². The Kier molecular flexibility index (Phi) is 4.71. The van der Waals surface area contributed by atoms with Gasteiger partial charge in [0.2, 0.25) is 5.89 Å². The summed E-state index contributed by atoms with van der Waals surface area (Å²) >= 11 is 1.65. The molecule has 0 saturated carbocycles. The first-order valence-electron chi connectivity index (χ1n) is 7.17. The van der Waals surface area contributed by atoms with Crippen LogP contribution >= 0.6 is 11.8 Å². The van der Waals surface area contributed by atoms with Crippen LogP contribution in [-0.2, 0) is 0 Å². The quantitative estimate of drug-likeness (QED) is 0.855. The van der Waals surface area contributed by atoms with Crippen molar-refractivity contribution >= 4 is 11.8 Å². The van der Waals surface area contributed by atoms with Crippen LogP contribution in [0.15, 0.2) is 40.0 Å². The van der Waals surface area contributed by atoms with E-state index < -0.39 is 0 Å². The molecule has 1 N–H and O–H groups in total. The zero-order valence-corrected chi connectivity index (χ0v) is 12.2. The van der Waals surface area contributed by atoms with Crippen LogP contribution < -0.4 is 5.32 Å². The van der Waals surface area contributed by atoms with Gasteiger partial charge in [0.1, 0.15) is 0 Å². The van der Waals surface area contributed by atoms with Gasteiger partial charge < -0.3 is 9.73 Å². The molecule has 1 aromatic carbocycles. The van der Waals surface area contributed by atoms with Gasteiger partial charge in [-0.3, -0.25) is 0 Å². The molecule has 1 fully saturated rings. The molecule has 0 aliphatic carbocycles. The highest BCUT2D eigenvalue weighted by molar-refractivity contribution is 7.99.